The Morgan fingerprint density at radius 1 is 1.12 bits per heavy atom. The first-order valence-electron chi connectivity index (χ1n) is 11.8. The molecule has 1 saturated heterocycles. The third-order valence-electron chi connectivity index (χ3n) is 6.61. The number of rotatable bonds is 5. The van der Waals surface area contributed by atoms with Crippen LogP contribution in [0.1, 0.15) is 55.5 Å². The Bertz CT molecular complexity index is 1240. The molecule has 1 aromatic heterocycles. The van der Waals surface area contributed by atoms with Gasteiger partial charge in [-0.3, -0.25) is 4.99 Å². The van der Waals surface area contributed by atoms with Gasteiger partial charge >= 0.3 is 0 Å². The molecule has 33 heavy (non-hydrogen) atoms. The lowest BCUT2D eigenvalue weighted by Gasteiger charge is -2.42. The fourth-order valence-electron chi connectivity index (χ4n) is 4.92. The van der Waals surface area contributed by atoms with E-state index in [0.717, 1.165) is 48.6 Å². The van der Waals surface area contributed by atoms with Crippen molar-refractivity contribution in [3.8, 4) is 11.4 Å². The zero-order valence-electron chi connectivity index (χ0n) is 19.3. The number of aromatic nitrogens is 2. The van der Waals surface area contributed by atoms with Crippen molar-refractivity contribution in [1.29, 1.82) is 0 Å². The molecular weight excluding hydrogens is 408 g/mol. The van der Waals surface area contributed by atoms with Crippen LogP contribution in [0.3, 0.4) is 0 Å². The van der Waals surface area contributed by atoms with Gasteiger partial charge in [0.15, 0.2) is 0 Å². The number of fused-ring (bicyclic) bond motifs is 1. The molecule has 2 aromatic carbocycles. The number of hydrogen-bond acceptors (Lipinski definition) is 4. The smallest absolute Gasteiger partial charge is 0.140 e. The predicted octanol–water partition coefficient (Wildman–Crippen LogP) is 6.20. The first-order valence-corrected chi connectivity index (χ1v) is 11.8. The lowest BCUT2D eigenvalue weighted by atomic mass is 9.89. The fraction of sp³-hybridized carbons (Fsp3) is 0.286. The highest BCUT2D eigenvalue weighted by atomic mass is 16.3. The van der Waals surface area contributed by atoms with Gasteiger partial charge in [0.25, 0.3) is 0 Å². The SMILES string of the molecule is CCC1=C2CCC[C@@H](c3ccccc3)N2C(/C=C/c2ccc(-n3cnc(C)c3)c(O)c2)=NC1. The zero-order valence-corrected chi connectivity index (χ0v) is 19.3. The van der Waals surface area contributed by atoms with Crippen LogP contribution in [0, 0.1) is 6.92 Å². The van der Waals surface area contributed by atoms with E-state index in [0.29, 0.717) is 6.04 Å². The Kier molecular flexibility index (Phi) is 5.86. The first kappa shape index (κ1) is 21.3. The van der Waals surface area contributed by atoms with Crippen LogP contribution in [0.4, 0.5) is 0 Å². The molecule has 0 spiro atoms. The predicted molar refractivity (Wildman–Crippen MR) is 133 cm³/mol. The van der Waals surface area contributed by atoms with Crippen LogP contribution >= 0.6 is 0 Å². The molecule has 5 rings (SSSR count). The van der Waals surface area contributed by atoms with E-state index in [1.165, 1.54) is 23.3 Å². The van der Waals surface area contributed by atoms with Gasteiger partial charge in [0, 0.05) is 11.9 Å². The van der Waals surface area contributed by atoms with Crippen LogP contribution in [0.2, 0.25) is 0 Å². The number of aromatic hydroxyl groups is 1. The fourth-order valence-corrected chi connectivity index (χ4v) is 4.92. The highest BCUT2D eigenvalue weighted by Crippen LogP contribution is 2.40. The lowest BCUT2D eigenvalue weighted by molar-refractivity contribution is 0.293. The molecule has 1 N–H and O–H groups in total. The average Bonchev–Trinajstić information content (AvgIpc) is 3.28. The van der Waals surface area contributed by atoms with Crippen molar-refractivity contribution in [1.82, 2.24) is 14.5 Å². The summed E-state index contributed by atoms with van der Waals surface area (Å²) in [6.45, 7) is 4.94. The van der Waals surface area contributed by atoms with Crippen molar-refractivity contribution >= 4 is 11.9 Å². The van der Waals surface area contributed by atoms with Gasteiger partial charge < -0.3 is 14.6 Å². The maximum Gasteiger partial charge on any atom is 0.140 e. The van der Waals surface area contributed by atoms with Gasteiger partial charge in [-0.05, 0) is 67.5 Å². The monoisotopic (exact) mass is 438 g/mol. The number of phenols is 1. The molecule has 3 aromatic rings. The summed E-state index contributed by atoms with van der Waals surface area (Å²) in [5, 5.41) is 10.6. The number of allylic oxidation sites excluding steroid dienone is 1. The van der Waals surface area contributed by atoms with Crippen molar-refractivity contribution in [2.45, 2.75) is 45.6 Å². The summed E-state index contributed by atoms with van der Waals surface area (Å²) in [6, 6.07) is 16.8. The Labute approximate surface area is 195 Å². The van der Waals surface area contributed by atoms with Crippen molar-refractivity contribution in [3.63, 3.8) is 0 Å². The molecule has 1 atom stereocenters. The van der Waals surface area contributed by atoms with E-state index >= 15 is 0 Å². The third kappa shape index (κ3) is 4.23. The van der Waals surface area contributed by atoms with Crippen molar-refractivity contribution in [2.24, 2.45) is 4.99 Å². The summed E-state index contributed by atoms with van der Waals surface area (Å²) >= 11 is 0. The molecule has 5 nitrogen and oxygen atoms in total. The van der Waals surface area contributed by atoms with Gasteiger partial charge in [-0.15, -0.1) is 0 Å². The van der Waals surface area contributed by atoms with Gasteiger partial charge in [-0.1, -0.05) is 49.4 Å². The van der Waals surface area contributed by atoms with Crippen LogP contribution in [-0.2, 0) is 0 Å². The third-order valence-corrected chi connectivity index (χ3v) is 6.61. The van der Waals surface area contributed by atoms with Gasteiger partial charge in [0.1, 0.15) is 11.6 Å². The van der Waals surface area contributed by atoms with Crippen LogP contribution < -0.4 is 0 Å². The minimum absolute atomic E-state index is 0.231. The second-order valence-electron chi connectivity index (χ2n) is 8.77. The average molecular weight is 439 g/mol. The molecule has 3 heterocycles. The summed E-state index contributed by atoms with van der Waals surface area (Å²) in [5.41, 5.74) is 6.81. The van der Waals surface area contributed by atoms with Gasteiger partial charge in [0.05, 0.1) is 30.3 Å². The topological polar surface area (TPSA) is 53.7 Å². The van der Waals surface area contributed by atoms with E-state index < -0.39 is 0 Å². The van der Waals surface area contributed by atoms with E-state index in [-0.39, 0.29) is 5.75 Å². The molecule has 2 aliphatic heterocycles. The molecule has 5 heteroatoms. The van der Waals surface area contributed by atoms with Crippen molar-refractivity contribution < 1.29 is 5.11 Å². The number of nitrogens with zero attached hydrogens (tertiary/aromatic N) is 4. The highest BCUT2D eigenvalue weighted by Gasteiger charge is 2.32. The van der Waals surface area contributed by atoms with Crippen molar-refractivity contribution in [2.75, 3.05) is 6.54 Å². The normalized spacial score (nSPS) is 18.5. The Hall–Kier alpha value is -3.60. The maximum atomic E-state index is 10.6. The van der Waals surface area contributed by atoms with E-state index in [1.54, 1.807) is 12.4 Å². The van der Waals surface area contributed by atoms with Crippen LogP contribution in [0.5, 0.6) is 5.75 Å². The molecule has 168 valence electrons. The Morgan fingerprint density at radius 3 is 2.70 bits per heavy atom. The second kappa shape index (κ2) is 9.10. The zero-order chi connectivity index (χ0) is 22.8. The van der Waals surface area contributed by atoms with E-state index in [2.05, 4.69) is 53.2 Å². The molecule has 1 fully saturated rings. The Morgan fingerprint density at radius 2 is 1.97 bits per heavy atom. The van der Waals surface area contributed by atoms with Crippen LogP contribution in [0.15, 0.2) is 83.4 Å². The maximum absolute atomic E-state index is 10.6. The minimum atomic E-state index is 0.231. The number of amidine groups is 1. The summed E-state index contributed by atoms with van der Waals surface area (Å²) < 4.78 is 1.84. The molecule has 0 amide bonds. The van der Waals surface area contributed by atoms with E-state index in [1.807, 2.05) is 35.9 Å². The molecule has 0 unspecified atom stereocenters. The van der Waals surface area contributed by atoms with Gasteiger partial charge in [-0.25, -0.2) is 4.98 Å². The van der Waals surface area contributed by atoms with E-state index in [4.69, 9.17) is 4.99 Å². The lowest BCUT2D eigenvalue weighted by Crippen LogP contribution is -2.39. The van der Waals surface area contributed by atoms with Crippen LogP contribution in [-0.4, -0.2) is 31.9 Å². The number of phenolic OH excluding ortho intramolecular Hbond substituents is 1. The number of aliphatic imine (C=N–C) groups is 1. The molecular formula is C28H30N4O. The van der Waals surface area contributed by atoms with Crippen LogP contribution in [0.25, 0.3) is 11.8 Å². The quantitative estimate of drug-likeness (QED) is 0.516. The first-order chi connectivity index (χ1) is 16.1. The minimum Gasteiger partial charge on any atom is -0.506 e. The highest BCUT2D eigenvalue weighted by molar-refractivity contribution is 5.98. The van der Waals surface area contributed by atoms with Gasteiger partial charge in [-0.2, -0.15) is 0 Å². The molecule has 0 aliphatic carbocycles. The van der Waals surface area contributed by atoms with E-state index in [9.17, 15) is 5.11 Å². The molecule has 0 saturated carbocycles. The molecule has 2 aliphatic rings. The standard InChI is InChI=1S/C28H30N4O/c1-3-22-17-29-28(32-24(22)10-7-11-25(32)23-8-5-4-6-9-23)15-13-21-12-14-26(27(33)16-21)31-18-20(2)30-19-31/h4-6,8-9,12-16,18-19,25,33H,3,7,10-11,17H2,1-2H3/b15-13+/t25-/m0/s1. The number of aryl methyl sites for hydroxylation is 1. The number of imidazole rings is 1. The summed E-state index contributed by atoms with van der Waals surface area (Å²) in [6.07, 6.45) is 12.2. The Balaban J connectivity index is 1.44. The number of benzene rings is 2. The summed E-state index contributed by atoms with van der Waals surface area (Å²) in [5.74, 6) is 1.23. The summed E-state index contributed by atoms with van der Waals surface area (Å²) in [4.78, 5) is 11.7. The van der Waals surface area contributed by atoms with Crippen molar-refractivity contribution in [3.05, 3.63) is 95.2 Å². The summed E-state index contributed by atoms with van der Waals surface area (Å²) in [7, 11) is 0. The largest absolute Gasteiger partial charge is 0.506 e. The second-order valence-corrected chi connectivity index (χ2v) is 8.77. The number of hydrogen-bond donors (Lipinski definition) is 1. The number of piperidine rings is 1. The molecule has 0 radical (unpaired) electrons. The molecule has 0 bridgehead atoms. The van der Waals surface area contributed by atoms with Gasteiger partial charge in [0.2, 0.25) is 0 Å².